The van der Waals surface area contributed by atoms with Crippen molar-refractivity contribution in [2.24, 2.45) is 0 Å². The van der Waals surface area contributed by atoms with Gasteiger partial charge in [0.25, 0.3) is 0 Å². The summed E-state index contributed by atoms with van der Waals surface area (Å²) in [5.41, 5.74) is 22.0. The predicted molar refractivity (Wildman–Crippen MR) is 262 cm³/mol. The second kappa shape index (κ2) is 12.9. The summed E-state index contributed by atoms with van der Waals surface area (Å²) in [4.78, 5) is 0. The molecule has 0 aliphatic heterocycles. The van der Waals surface area contributed by atoms with Gasteiger partial charge >= 0.3 is 0 Å². The van der Waals surface area contributed by atoms with Crippen LogP contribution in [0.5, 0.6) is 0 Å². The fourth-order valence-electron chi connectivity index (χ4n) is 11.5. The van der Waals surface area contributed by atoms with Crippen molar-refractivity contribution in [3.8, 4) is 55.9 Å². The molecule has 0 atom stereocenters. The summed E-state index contributed by atoms with van der Waals surface area (Å²) in [6.07, 6.45) is 0. The van der Waals surface area contributed by atoms with Crippen LogP contribution in [-0.2, 0) is 5.41 Å². The minimum atomic E-state index is -0.541. The lowest BCUT2D eigenvalue weighted by Crippen LogP contribution is -2.26. The molecule has 2 aromatic heterocycles. The summed E-state index contributed by atoms with van der Waals surface area (Å²) < 4.78 is 5.00. The van der Waals surface area contributed by atoms with Crippen molar-refractivity contribution in [2.75, 3.05) is 0 Å². The van der Waals surface area contributed by atoms with Crippen LogP contribution in [-0.4, -0.2) is 9.13 Å². The van der Waals surface area contributed by atoms with Gasteiger partial charge in [0.15, 0.2) is 0 Å². The molecule has 292 valence electrons. The monoisotopic (exact) mass is 798 g/mol. The highest BCUT2D eigenvalue weighted by Crippen LogP contribution is 2.64. The second-order valence-corrected chi connectivity index (χ2v) is 17.2. The van der Waals surface area contributed by atoms with Gasteiger partial charge in [-0.1, -0.05) is 170 Å². The fourth-order valence-corrected chi connectivity index (χ4v) is 11.5. The number of fused-ring (bicyclic) bond motifs is 16. The molecule has 0 unspecified atom stereocenters. The highest BCUT2D eigenvalue weighted by Gasteiger charge is 2.52. The molecule has 1 spiro atoms. The molecule has 63 heavy (non-hydrogen) atoms. The molecule has 0 fully saturated rings. The maximum absolute atomic E-state index is 2.55. The zero-order valence-corrected chi connectivity index (χ0v) is 34.3. The number of aromatic nitrogens is 2. The van der Waals surface area contributed by atoms with Crippen molar-refractivity contribution in [2.45, 2.75) is 5.41 Å². The van der Waals surface area contributed by atoms with E-state index in [-0.39, 0.29) is 0 Å². The Labute approximate surface area is 365 Å². The first-order chi connectivity index (χ1) is 31.3. The number of benzene rings is 10. The third kappa shape index (κ3) is 4.67. The van der Waals surface area contributed by atoms with Gasteiger partial charge in [-0.05, 0) is 127 Å². The Morgan fingerprint density at radius 2 is 0.635 bits per heavy atom. The topological polar surface area (TPSA) is 9.86 Å². The van der Waals surface area contributed by atoms with Gasteiger partial charge in [-0.3, -0.25) is 0 Å². The number of para-hydroxylation sites is 2. The smallest absolute Gasteiger partial charge is 0.0727 e. The van der Waals surface area contributed by atoms with Crippen LogP contribution in [0.15, 0.2) is 231 Å². The van der Waals surface area contributed by atoms with Crippen molar-refractivity contribution in [3.05, 3.63) is 253 Å². The highest BCUT2D eigenvalue weighted by molar-refractivity contribution is 6.15. The molecule has 0 N–H and O–H groups in total. The maximum Gasteiger partial charge on any atom is 0.0727 e. The Hall–Kier alpha value is -8.20. The van der Waals surface area contributed by atoms with E-state index < -0.39 is 5.41 Å². The van der Waals surface area contributed by atoms with Crippen LogP contribution in [0.1, 0.15) is 22.3 Å². The molecule has 2 heterocycles. The molecule has 0 bridgehead atoms. The minimum Gasteiger partial charge on any atom is -0.309 e. The summed E-state index contributed by atoms with van der Waals surface area (Å²) in [5, 5.41) is 5.03. The molecular weight excluding hydrogens is 761 g/mol. The molecule has 0 radical (unpaired) electrons. The highest BCUT2D eigenvalue weighted by atomic mass is 15.0. The molecule has 10 aromatic carbocycles. The average molecular weight is 799 g/mol. The van der Waals surface area contributed by atoms with E-state index in [1.807, 2.05) is 0 Å². The Kier molecular flexibility index (Phi) is 7.07. The Morgan fingerprint density at radius 3 is 1.11 bits per heavy atom. The Balaban J connectivity index is 1.11. The summed E-state index contributed by atoms with van der Waals surface area (Å²) in [6, 6.07) is 85.9. The largest absolute Gasteiger partial charge is 0.309 e. The average Bonchev–Trinajstić information content (AvgIpc) is 4.05. The molecular formula is C61H38N2. The molecule has 2 aliphatic carbocycles. The van der Waals surface area contributed by atoms with Crippen molar-refractivity contribution < 1.29 is 0 Å². The quantitative estimate of drug-likeness (QED) is 0.168. The lowest BCUT2D eigenvalue weighted by molar-refractivity contribution is 0.795. The van der Waals surface area contributed by atoms with Crippen LogP contribution in [0.3, 0.4) is 0 Å². The maximum atomic E-state index is 2.55. The van der Waals surface area contributed by atoms with Crippen LogP contribution in [0.25, 0.3) is 99.5 Å². The van der Waals surface area contributed by atoms with Crippen LogP contribution in [0.2, 0.25) is 0 Å². The van der Waals surface area contributed by atoms with Crippen LogP contribution in [0, 0.1) is 0 Å². The van der Waals surface area contributed by atoms with Gasteiger partial charge in [-0.2, -0.15) is 0 Å². The van der Waals surface area contributed by atoms with Gasteiger partial charge < -0.3 is 9.13 Å². The summed E-state index contributed by atoms with van der Waals surface area (Å²) in [7, 11) is 0. The molecule has 0 amide bonds. The summed E-state index contributed by atoms with van der Waals surface area (Å²) >= 11 is 0. The predicted octanol–water partition coefficient (Wildman–Crippen LogP) is 15.6. The molecule has 0 saturated heterocycles. The Bertz CT molecular complexity index is 3590. The van der Waals surface area contributed by atoms with E-state index in [1.165, 1.54) is 110 Å². The standard InChI is InChI=1S/C61H38N2/c1-3-17-39(18-4-1)41-21-15-23-43(33-41)62-57-31-13-9-27-47(57)51-35-49-50-36-52-48-28-10-14-32-58(48)63(44-24-16-22-42(34-44)40-19-5-2-6-20-40)60(52)38-56(50)61(55(49)37-59(51)62)53-29-11-7-25-45(53)46-26-8-12-30-54(46)61/h1-38H. The molecule has 2 aliphatic rings. The number of hydrogen-bond donors (Lipinski definition) is 0. The summed E-state index contributed by atoms with van der Waals surface area (Å²) in [5.74, 6) is 0. The van der Waals surface area contributed by atoms with Crippen molar-refractivity contribution in [1.82, 2.24) is 9.13 Å². The molecule has 2 nitrogen and oxygen atoms in total. The first kappa shape index (κ1) is 34.5. The molecule has 12 aromatic rings. The van der Waals surface area contributed by atoms with E-state index in [1.54, 1.807) is 0 Å². The summed E-state index contributed by atoms with van der Waals surface area (Å²) in [6.45, 7) is 0. The van der Waals surface area contributed by atoms with Gasteiger partial charge in [-0.15, -0.1) is 0 Å². The normalized spacial score (nSPS) is 13.2. The van der Waals surface area contributed by atoms with Crippen LogP contribution in [0.4, 0.5) is 0 Å². The number of rotatable bonds is 4. The molecule has 2 heteroatoms. The van der Waals surface area contributed by atoms with Gasteiger partial charge in [0.05, 0.1) is 27.5 Å². The van der Waals surface area contributed by atoms with Gasteiger partial charge in [0, 0.05) is 32.9 Å². The Morgan fingerprint density at radius 1 is 0.238 bits per heavy atom. The number of nitrogens with zero attached hydrogens (tertiary/aromatic N) is 2. The fraction of sp³-hybridized carbons (Fsp3) is 0.0164. The third-order valence-electron chi connectivity index (χ3n) is 14.1. The number of hydrogen-bond acceptors (Lipinski definition) is 0. The molecule has 0 saturated carbocycles. The van der Waals surface area contributed by atoms with Gasteiger partial charge in [0.1, 0.15) is 0 Å². The van der Waals surface area contributed by atoms with Crippen molar-refractivity contribution >= 4 is 43.6 Å². The third-order valence-corrected chi connectivity index (χ3v) is 14.1. The van der Waals surface area contributed by atoms with E-state index >= 15 is 0 Å². The van der Waals surface area contributed by atoms with E-state index in [2.05, 4.69) is 240 Å². The van der Waals surface area contributed by atoms with E-state index in [4.69, 9.17) is 0 Å². The van der Waals surface area contributed by atoms with Crippen molar-refractivity contribution in [3.63, 3.8) is 0 Å². The van der Waals surface area contributed by atoms with E-state index in [9.17, 15) is 0 Å². The van der Waals surface area contributed by atoms with Gasteiger partial charge in [0.2, 0.25) is 0 Å². The minimum absolute atomic E-state index is 0.541. The van der Waals surface area contributed by atoms with Gasteiger partial charge in [-0.25, -0.2) is 0 Å². The van der Waals surface area contributed by atoms with Crippen molar-refractivity contribution in [1.29, 1.82) is 0 Å². The first-order valence-corrected chi connectivity index (χ1v) is 21.9. The lowest BCUT2D eigenvalue weighted by atomic mass is 9.70. The second-order valence-electron chi connectivity index (χ2n) is 17.2. The van der Waals surface area contributed by atoms with Crippen LogP contribution < -0.4 is 0 Å². The lowest BCUT2D eigenvalue weighted by Gasteiger charge is -2.30. The zero-order valence-electron chi connectivity index (χ0n) is 34.3. The SMILES string of the molecule is c1ccc(-c2cccc(-n3c4ccccc4c4cc5c(cc43)C3(c4ccccc4-c4ccccc43)c3cc4c(cc3-5)c3ccccc3n4-c3cccc(-c4ccccc4)c3)c2)cc1. The van der Waals surface area contributed by atoms with E-state index in [0.29, 0.717) is 0 Å². The zero-order chi connectivity index (χ0) is 41.2. The van der Waals surface area contributed by atoms with E-state index in [0.717, 1.165) is 11.4 Å². The molecule has 14 rings (SSSR count). The van der Waals surface area contributed by atoms with Crippen LogP contribution >= 0.6 is 0 Å². The first-order valence-electron chi connectivity index (χ1n) is 21.9.